The van der Waals surface area contributed by atoms with Crippen LogP contribution in [0.2, 0.25) is 5.02 Å². The number of carbonyl (C=O) groups is 2. The summed E-state index contributed by atoms with van der Waals surface area (Å²) in [6.07, 6.45) is 0.319. The van der Waals surface area contributed by atoms with Crippen LogP contribution < -0.4 is 0 Å². The standard InChI is InChI=1S/C11H11ClO2/c1-8(13)6-11(14)7-9-2-4-10(12)5-3-9/h2-5H,6-7H2,1H3. The summed E-state index contributed by atoms with van der Waals surface area (Å²) in [5.41, 5.74) is 0.889. The summed E-state index contributed by atoms with van der Waals surface area (Å²) < 4.78 is 0. The van der Waals surface area contributed by atoms with Crippen molar-refractivity contribution < 1.29 is 9.59 Å². The van der Waals surface area contributed by atoms with E-state index in [4.69, 9.17) is 11.6 Å². The Kier molecular flexibility index (Phi) is 3.84. The number of halogens is 1. The van der Waals surface area contributed by atoms with E-state index in [0.717, 1.165) is 5.56 Å². The van der Waals surface area contributed by atoms with Gasteiger partial charge in [0, 0.05) is 11.4 Å². The van der Waals surface area contributed by atoms with E-state index in [1.54, 1.807) is 24.3 Å². The molecule has 0 fully saturated rings. The van der Waals surface area contributed by atoms with Gasteiger partial charge >= 0.3 is 0 Å². The molecule has 0 heterocycles. The number of Topliss-reactive ketones (excluding diaryl/α,β-unsaturated/α-hetero) is 2. The molecule has 0 amide bonds. The highest BCUT2D eigenvalue weighted by Crippen LogP contribution is 2.10. The predicted octanol–water partition coefficient (Wildman–Crippen LogP) is 2.43. The minimum absolute atomic E-state index is 0.0165. The third kappa shape index (κ3) is 3.71. The van der Waals surface area contributed by atoms with E-state index < -0.39 is 0 Å². The summed E-state index contributed by atoms with van der Waals surface area (Å²) in [7, 11) is 0. The van der Waals surface area contributed by atoms with Crippen LogP contribution in [0.15, 0.2) is 24.3 Å². The quantitative estimate of drug-likeness (QED) is 0.716. The molecule has 0 aliphatic carbocycles. The smallest absolute Gasteiger partial charge is 0.144 e. The molecule has 0 saturated heterocycles. The summed E-state index contributed by atoms with van der Waals surface area (Å²) >= 11 is 5.69. The highest BCUT2D eigenvalue weighted by atomic mass is 35.5. The topological polar surface area (TPSA) is 34.1 Å². The van der Waals surface area contributed by atoms with Gasteiger partial charge in [-0.05, 0) is 24.6 Å². The van der Waals surface area contributed by atoms with Gasteiger partial charge < -0.3 is 0 Å². The Balaban J connectivity index is 2.56. The third-order valence-corrected chi connectivity index (χ3v) is 2.01. The molecule has 0 radical (unpaired) electrons. The lowest BCUT2D eigenvalue weighted by molar-refractivity contribution is -0.125. The van der Waals surface area contributed by atoms with Gasteiger partial charge in [-0.25, -0.2) is 0 Å². The Labute approximate surface area is 87.9 Å². The van der Waals surface area contributed by atoms with Crippen LogP contribution in [0.4, 0.5) is 0 Å². The Morgan fingerprint density at radius 3 is 2.29 bits per heavy atom. The first-order chi connectivity index (χ1) is 6.58. The monoisotopic (exact) mass is 210 g/mol. The van der Waals surface area contributed by atoms with Crippen molar-refractivity contribution in [1.29, 1.82) is 0 Å². The van der Waals surface area contributed by atoms with Crippen LogP contribution in [0, 0.1) is 0 Å². The summed E-state index contributed by atoms with van der Waals surface area (Å²) in [6, 6.07) is 7.05. The molecule has 0 N–H and O–H groups in total. The molecule has 1 rings (SSSR count). The Morgan fingerprint density at radius 1 is 1.21 bits per heavy atom. The van der Waals surface area contributed by atoms with Crippen LogP contribution in [-0.4, -0.2) is 11.6 Å². The molecular weight excluding hydrogens is 200 g/mol. The van der Waals surface area contributed by atoms with Gasteiger partial charge in [0.05, 0.1) is 6.42 Å². The molecule has 0 bridgehead atoms. The van der Waals surface area contributed by atoms with Crippen LogP contribution in [0.1, 0.15) is 18.9 Å². The zero-order valence-electron chi connectivity index (χ0n) is 7.92. The Morgan fingerprint density at radius 2 is 1.79 bits per heavy atom. The van der Waals surface area contributed by atoms with Gasteiger partial charge in [0.25, 0.3) is 0 Å². The lowest BCUT2D eigenvalue weighted by Crippen LogP contribution is -2.07. The van der Waals surface area contributed by atoms with Gasteiger partial charge in [-0.15, -0.1) is 0 Å². The number of carbonyl (C=O) groups excluding carboxylic acids is 2. The molecule has 0 unspecified atom stereocenters. The van der Waals surface area contributed by atoms with Crippen molar-refractivity contribution in [3.63, 3.8) is 0 Å². The van der Waals surface area contributed by atoms with Gasteiger partial charge in [-0.2, -0.15) is 0 Å². The minimum Gasteiger partial charge on any atom is -0.300 e. The van der Waals surface area contributed by atoms with E-state index in [0.29, 0.717) is 11.4 Å². The average molecular weight is 211 g/mol. The summed E-state index contributed by atoms with van der Waals surface area (Å²) in [5.74, 6) is -0.149. The fourth-order valence-corrected chi connectivity index (χ4v) is 1.30. The SMILES string of the molecule is CC(=O)CC(=O)Cc1ccc(Cl)cc1. The van der Waals surface area contributed by atoms with Gasteiger partial charge in [0.2, 0.25) is 0 Å². The molecule has 74 valence electrons. The number of ketones is 2. The second-order valence-electron chi connectivity index (χ2n) is 3.22. The zero-order chi connectivity index (χ0) is 10.6. The normalized spacial score (nSPS) is 9.86. The zero-order valence-corrected chi connectivity index (χ0v) is 8.67. The fourth-order valence-electron chi connectivity index (χ4n) is 1.17. The van der Waals surface area contributed by atoms with E-state index >= 15 is 0 Å². The molecule has 0 aliphatic heterocycles. The molecule has 0 atom stereocenters. The predicted molar refractivity (Wildman–Crippen MR) is 55.5 cm³/mol. The molecular formula is C11H11ClO2. The second-order valence-corrected chi connectivity index (χ2v) is 3.66. The minimum atomic E-state index is -0.0936. The Bertz CT molecular complexity index is 341. The van der Waals surface area contributed by atoms with Gasteiger partial charge in [0.1, 0.15) is 11.6 Å². The van der Waals surface area contributed by atoms with Crippen molar-refractivity contribution in [2.24, 2.45) is 0 Å². The largest absolute Gasteiger partial charge is 0.300 e. The van der Waals surface area contributed by atoms with Crippen molar-refractivity contribution in [3.8, 4) is 0 Å². The summed E-state index contributed by atoms with van der Waals surface area (Å²) in [4.78, 5) is 21.9. The van der Waals surface area contributed by atoms with E-state index in [-0.39, 0.29) is 18.0 Å². The third-order valence-electron chi connectivity index (χ3n) is 1.76. The van der Waals surface area contributed by atoms with E-state index in [1.807, 2.05) is 0 Å². The van der Waals surface area contributed by atoms with Gasteiger partial charge in [0.15, 0.2) is 0 Å². The van der Waals surface area contributed by atoms with Crippen molar-refractivity contribution in [2.75, 3.05) is 0 Å². The van der Waals surface area contributed by atoms with Gasteiger partial charge in [-0.3, -0.25) is 9.59 Å². The molecule has 0 saturated carbocycles. The first-order valence-corrected chi connectivity index (χ1v) is 4.71. The molecule has 1 aromatic rings. The summed E-state index contributed by atoms with van der Waals surface area (Å²) in [5, 5.41) is 0.646. The first-order valence-electron chi connectivity index (χ1n) is 4.33. The van der Waals surface area contributed by atoms with E-state index in [9.17, 15) is 9.59 Å². The molecule has 0 aromatic heterocycles. The number of benzene rings is 1. The highest BCUT2D eigenvalue weighted by molar-refractivity contribution is 6.30. The molecule has 0 aliphatic rings. The molecule has 3 heteroatoms. The summed E-state index contributed by atoms with van der Waals surface area (Å²) in [6.45, 7) is 1.42. The molecule has 2 nitrogen and oxygen atoms in total. The molecule has 0 spiro atoms. The lowest BCUT2D eigenvalue weighted by atomic mass is 10.1. The maximum Gasteiger partial charge on any atom is 0.144 e. The van der Waals surface area contributed by atoms with Crippen LogP contribution in [0.5, 0.6) is 0 Å². The maximum absolute atomic E-state index is 11.3. The van der Waals surface area contributed by atoms with Crippen molar-refractivity contribution in [2.45, 2.75) is 19.8 Å². The highest BCUT2D eigenvalue weighted by Gasteiger charge is 2.06. The van der Waals surface area contributed by atoms with Crippen LogP contribution in [0.3, 0.4) is 0 Å². The van der Waals surface area contributed by atoms with Crippen LogP contribution in [-0.2, 0) is 16.0 Å². The number of hydrogen-bond donors (Lipinski definition) is 0. The average Bonchev–Trinajstić information content (AvgIpc) is 2.07. The second kappa shape index (κ2) is 4.91. The van der Waals surface area contributed by atoms with Crippen LogP contribution in [0.25, 0.3) is 0 Å². The first kappa shape index (κ1) is 10.9. The fraction of sp³-hybridized carbons (Fsp3) is 0.273. The maximum atomic E-state index is 11.3. The van der Waals surface area contributed by atoms with E-state index in [2.05, 4.69) is 0 Å². The van der Waals surface area contributed by atoms with Crippen molar-refractivity contribution in [3.05, 3.63) is 34.9 Å². The van der Waals surface area contributed by atoms with Crippen molar-refractivity contribution >= 4 is 23.2 Å². The van der Waals surface area contributed by atoms with Crippen molar-refractivity contribution in [1.82, 2.24) is 0 Å². The van der Waals surface area contributed by atoms with E-state index in [1.165, 1.54) is 6.92 Å². The number of hydrogen-bond acceptors (Lipinski definition) is 2. The van der Waals surface area contributed by atoms with Crippen LogP contribution >= 0.6 is 11.6 Å². The molecule has 1 aromatic carbocycles. The van der Waals surface area contributed by atoms with Gasteiger partial charge in [-0.1, -0.05) is 23.7 Å². The lowest BCUT2D eigenvalue weighted by Gasteiger charge is -1.99. The Hall–Kier alpha value is -1.15. The molecule has 14 heavy (non-hydrogen) atoms. The number of rotatable bonds is 4.